The summed E-state index contributed by atoms with van der Waals surface area (Å²) in [5, 5.41) is 23.3. The Labute approximate surface area is 112 Å². The second-order valence-electron chi connectivity index (χ2n) is 4.74. The number of para-hydroxylation sites is 2. The quantitative estimate of drug-likeness (QED) is 0.556. The second-order valence-corrected chi connectivity index (χ2v) is 4.74. The fraction of sp³-hybridized carbons (Fsp3) is 0.538. The third-order valence-electron chi connectivity index (χ3n) is 2.39. The molecule has 106 valence electrons. The van der Waals surface area contributed by atoms with Crippen LogP contribution in [0.3, 0.4) is 0 Å². The van der Waals surface area contributed by atoms with E-state index in [9.17, 15) is 15.2 Å². The molecule has 0 bridgehead atoms. The van der Waals surface area contributed by atoms with Crippen molar-refractivity contribution in [1.82, 2.24) is 0 Å². The summed E-state index contributed by atoms with van der Waals surface area (Å²) in [4.78, 5) is 10.3. The van der Waals surface area contributed by atoms with E-state index < -0.39 is 11.0 Å². The summed E-state index contributed by atoms with van der Waals surface area (Å²) < 4.78 is 5.30. The lowest BCUT2D eigenvalue weighted by molar-refractivity contribution is -0.384. The summed E-state index contributed by atoms with van der Waals surface area (Å²) in [5.41, 5.74) is 0.396. The molecular weight excluding hydrogens is 248 g/mol. The highest BCUT2D eigenvalue weighted by Crippen LogP contribution is 2.22. The molecule has 0 aliphatic rings. The number of nitrogens with one attached hydrogen (secondary N) is 1. The Kier molecular flexibility index (Phi) is 6.24. The molecule has 1 rings (SSSR count). The van der Waals surface area contributed by atoms with Crippen molar-refractivity contribution in [1.29, 1.82) is 0 Å². The first-order chi connectivity index (χ1) is 9.00. The largest absolute Gasteiger partial charge is 0.389 e. The number of aliphatic hydroxyl groups is 1. The van der Waals surface area contributed by atoms with Gasteiger partial charge in [-0.25, -0.2) is 0 Å². The number of ether oxygens (including phenoxy) is 1. The van der Waals surface area contributed by atoms with E-state index in [1.807, 2.05) is 13.8 Å². The topological polar surface area (TPSA) is 84.6 Å². The fourth-order valence-corrected chi connectivity index (χ4v) is 1.51. The Hall–Kier alpha value is -1.66. The van der Waals surface area contributed by atoms with Crippen molar-refractivity contribution in [2.24, 2.45) is 5.92 Å². The number of hydrogen-bond donors (Lipinski definition) is 2. The lowest BCUT2D eigenvalue weighted by Gasteiger charge is -2.14. The van der Waals surface area contributed by atoms with Crippen molar-refractivity contribution in [2.75, 3.05) is 25.1 Å². The maximum absolute atomic E-state index is 10.8. The van der Waals surface area contributed by atoms with E-state index in [0.29, 0.717) is 18.2 Å². The van der Waals surface area contributed by atoms with Crippen LogP contribution in [0.25, 0.3) is 0 Å². The van der Waals surface area contributed by atoms with Gasteiger partial charge in [-0.2, -0.15) is 0 Å². The molecule has 1 aromatic carbocycles. The summed E-state index contributed by atoms with van der Waals surface area (Å²) in [5.74, 6) is 0.412. The molecule has 0 saturated carbocycles. The van der Waals surface area contributed by atoms with Crippen LogP contribution in [0.5, 0.6) is 0 Å². The minimum Gasteiger partial charge on any atom is -0.389 e. The maximum atomic E-state index is 10.8. The zero-order valence-electron chi connectivity index (χ0n) is 11.2. The highest BCUT2D eigenvalue weighted by atomic mass is 16.6. The number of hydrogen-bond acceptors (Lipinski definition) is 5. The van der Waals surface area contributed by atoms with Gasteiger partial charge in [0.25, 0.3) is 5.69 Å². The molecule has 0 amide bonds. The van der Waals surface area contributed by atoms with Gasteiger partial charge in [-0.15, -0.1) is 0 Å². The van der Waals surface area contributed by atoms with E-state index in [-0.39, 0.29) is 18.8 Å². The Balaban J connectivity index is 2.42. The highest BCUT2D eigenvalue weighted by Gasteiger charge is 2.13. The molecule has 6 nitrogen and oxygen atoms in total. The standard InChI is InChI=1S/C13H20N2O4/c1-10(2)8-19-9-11(16)7-14-12-5-3-4-6-13(12)15(17)18/h3-6,10-11,14,16H,7-9H2,1-2H3. The number of rotatable bonds is 8. The molecule has 19 heavy (non-hydrogen) atoms. The number of anilines is 1. The van der Waals surface area contributed by atoms with E-state index in [0.717, 1.165) is 0 Å². The summed E-state index contributed by atoms with van der Waals surface area (Å²) >= 11 is 0. The molecule has 0 fully saturated rings. The highest BCUT2D eigenvalue weighted by molar-refractivity contribution is 5.61. The molecule has 0 heterocycles. The first kappa shape index (κ1) is 15.4. The van der Waals surface area contributed by atoms with Crippen LogP contribution in [-0.2, 0) is 4.74 Å². The van der Waals surface area contributed by atoms with Gasteiger partial charge in [0.1, 0.15) is 5.69 Å². The van der Waals surface area contributed by atoms with Crippen LogP contribution < -0.4 is 5.32 Å². The molecule has 6 heteroatoms. The maximum Gasteiger partial charge on any atom is 0.292 e. The van der Waals surface area contributed by atoms with Gasteiger partial charge in [0, 0.05) is 19.2 Å². The Morgan fingerprint density at radius 3 is 2.68 bits per heavy atom. The average Bonchev–Trinajstić information content (AvgIpc) is 2.36. The van der Waals surface area contributed by atoms with Crippen molar-refractivity contribution < 1.29 is 14.8 Å². The molecule has 1 atom stereocenters. The van der Waals surface area contributed by atoms with Crippen LogP contribution in [0.1, 0.15) is 13.8 Å². The third kappa shape index (κ3) is 5.67. The second kappa shape index (κ2) is 7.70. The van der Waals surface area contributed by atoms with Gasteiger partial charge in [0.05, 0.1) is 17.6 Å². The number of benzene rings is 1. The fourth-order valence-electron chi connectivity index (χ4n) is 1.51. The minimum absolute atomic E-state index is 0.00204. The summed E-state index contributed by atoms with van der Waals surface area (Å²) in [6, 6.07) is 6.34. The molecule has 0 aromatic heterocycles. The van der Waals surface area contributed by atoms with Gasteiger partial charge in [-0.3, -0.25) is 10.1 Å². The molecule has 1 aromatic rings. The predicted molar refractivity (Wildman–Crippen MR) is 73.2 cm³/mol. The van der Waals surface area contributed by atoms with Crippen LogP contribution in [0.4, 0.5) is 11.4 Å². The van der Waals surface area contributed by atoms with Crippen molar-refractivity contribution >= 4 is 11.4 Å². The van der Waals surface area contributed by atoms with Gasteiger partial charge in [0.15, 0.2) is 0 Å². The molecule has 0 radical (unpaired) electrons. The number of nitro benzene ring substituents is 1. The van der Waals surface area contributed by atoms with E-state index in [1.165, 1.54) is 6.07 Å². The van der Waals surface area contributed by atoms with E-state index >= 15 is 0 Å². The molecule has 0 spiro atoms. The van der Waals surface area contributed by atoms with Crippen LogP contribution in [-0.4, -0.2) is 35.9 Å². The van der Waals surface area contributed by atoms with Crippen molar-refractivity contribution in [3.8, 4) is 0 Å². The lowest BCUT2D eigenvalue weighted by atomic mass is 10.2. The number of nitro groups is 1. The van der Waals surface area contributed by atoms with Crippen molar-refractivity contribution in [3.05, 3.63) is 34.4 Å². The van der Waals surface area contributed by atoms with Crippen LogP contribution in [0, 0.1) is 16.0 Å². The molecule has 1 unspecified atom stereocenters. The first-order valence-electron chi connectivity index (χ1n) is 6.23. The summed E-state index contributed by atoms with van der Waals surface area (Å²) in [6.45, 7) is 5.06. The lowest BCUT2D eigenvalue weighted by Crippen LogP contribution is -2.25. The Bertz CT molecular complexity index is 409. The van der Waals surface area contributed by atoms with Crippen LogP contribution >= 0.6 is 0 Å². The van der Waals surface area contributed by atoms with Gasteiger partial charge in [-0.1, -0.05) is 26.0 Å². The number of aliphatic hydroxyl groups excluding tert-OH is 1. The summed E-state index contributed by atoms with van der Waals surface area (Å²) in [7, 11) is 0. The molecule has 0 aliphatic heterocycles. The molecule has 2 N–H and O–H groups in total. The normalized spacial score (nSPS) is 12.4. The van der Waals surface area contributed by atoms with Crippen molar-refractivity contribution in [2.45, 2.75) is 20.0 Å². The van der Waals surface area contributed by atoms with Gasteiger partial charge in [-0.05, 0) is 12.0 Å². The molecule has 0 aliphatic carbocycles. The van der Waals surface area contributed by atoms with E-state index in [2.05, 4.69) is 5.32 Å². The van der Waals surface area contributed by atoms with Crippen LogP contribution in [0.2, 0.25) is 0 Å². The Morgan fingerprint density at radius 1 is 1.37 bits per heavy atom. The zero-order valence-corrected chi connectivity index (χ0v) is 11.2. The monoisotopic (exact) mass is 268 g/mol. The smallest absolute Gasteiger partial charge is 0.292 e. The minimum atomic E-state index is -0.696. The van der Waals surface area contributed by atoms with Gasteiger partial charge < -0.3 is 15.2 Å². The molecular formula is C13H20N2O4. The van der Waals surface area contributed by atoms with Gasteiger partial charge >= 0.3 is 0 Å². The zero-order chi connectivity index (χ0) is 14.3. The number of nitrogens with zero attached hydrogens (tertiary/aromatic N) is 1. The summed E-state index contributed by atoms with van der Waals surface area (Å²) in [6.07, 6.45) is -0.696. The van der Waals surface area contributed by atoms with E-state index in [4.69, 9.17) is 4.74 Å². The SMILES string of the molecule is CC(C)COCC(O)CNc1ccccc1[N+](=O)[O-]. The van der Waals surface area contributed by atoms with Crippen LogP contribution in [0.15, 0.2) is 24.3 Å². The molecule has 0 saturated heterocycles. The first-order valence-corrected chi connectivity index (χ1v) is 6.23. The van der Waals surface area contributed by atoms with Gasteiger partial charge in [0.2, 0.25) is 0 Å². The third-order valence-corrected chi connectivity index (χ3v) is 2.39. The van der Waals surface area contributed by atoms with Crippen molar-refractivity contribution in [3.63, 3.8) is 0 Å². The van der Waals surface area contributed by atoms with E-state index in [1.54, 1.807) is 18.2 Å². The average molecular weight is 268 g/mol. The Morgan fingerprint density at radius 2 is 2.05 bits per heavy atom. The predicted octanol–water partition coefficient (Wildman–Crippen LogP) is 2.04.